The number of carbonyl (C=O) groups excluding carboxylic acids is 1. The quantitative estimate of drug-likeness (QED) is 0.628. The molecule has 2 aromatic rings. The van der Waals surface area contributed by atoms with Crippen LogP contribution in [-0.4, -0.2) is 73.4 Å². The van der Waals surface area contributed by atoms with E-state index in [1.165, 1.54) is 0 Å². The number of aliphatic hydroxyl groups is 1. The van der Waals surface area contributed by atoms with Gasteiger partial charge in [0.25, 0.3) is 0 Å². The second-order valence-electron chi connectivity index (χ2n) is 7.34. The number of halogens is 1. The summed E-state index contributed by atoms with van der Waals surface area (Å²) < 4.78 is 10.8. The molecule has 1 saturated heterocycles. The fraction of sp³-hybridized carbons (Fsp3) is 0.409. The molecule has 1 fully saturated rings. The van der Waals surface area contributed by atoms with Crippen LogP contribution in [0.3, 0.4) is 0 Å². The van der Waals surface area contributed by atoms with Crippen LogP contribution in [0.25, 0.3) is 0 Å². The molecule has 1 aliphatic rings. The zero-order valence-electron chi connectivity index (χ0n) is 17.0. The molecule has 2 atom stereocenters. The zero-order chi connectivity index (χ0) is 21.5. The number of β-amino-alcohol motifs (C(OH)–C–C–N with tert-alkyl or cyclic N) is 1. The van der Waals surface area contributed by atoms with Crippen molar-refractivity contribution >= 4 is 17.5 Å². The molecule has 0 radical (unpaired) electrons. The van der Waals surface area contributed by atoms with Gasteiger partial charge in [-0.3, -0.25) is 14.6 Å². The van der Waals surface area contributed by atoms with Crippen LogP contribution in [0.4, 0.5) is 0 Å². The fourth-order valence-electron chi connectivity index (χ4n) is 3.67. The largest absolute Gasteiger partial charge is 0.497 e. The monoisotopic (exact) mass is 433 g/mol. The van der Waals surface area contributed by atoms with Gasteiger partial charge < -0.3 is 20.3 Å². The first kappa shape index (κ1) is 22.4. The second-order valence-corrected chi connectivity index (χ2v) is 7.78. The molecule has 162 valence electrons. The van der Waals surface area contributed by atoms with Gasteiger partial charge in [-0.2, -0.15) is 0 Å². The van der Waals surface area contributed by atoms with Crippen LogP contribution in [0.2, 0.25) is 5.02 Å². The Labute approximate surface area is 181 Å². The standard InChI is InChI=1S/C22H28ClN3O4/c1-29-19-6-3-7-20(13-19)30-15-18(27)14-25-8-10-26(11-9-25)21(22(24)28)16-4-2-5-17(23)12-16/h2-7,12-13,18,21,27H,8-11,14-15H2,1H3,(H2,24,28). The summed E-state index contributed by atoms with van der Waals surface area (Å²) in [4.78, 5) is 16.3. The van der Waals surface area contributed by atoms with E-state index in [2.05, 4.69) is 9.80 Å². The van der Waals surface area contributed by atoms with Crippen molar-refractivity contribution in [2.45, 2.75) is 12.1 Å². The van der Waals surface area contributed by atoms with E-state index >= 15 is 0 Å². The molecule has 0 saturated carbocycles. The predicted molar refractivity (Wildman–Crippen MR) is 116 cm³/mol. The Bertz CT molecular complexity index is 843. The van der Waals surface area contributed by atoms with Crippen LogP contribution in [0.15, 0.2) is 48.5 Å². The Balaban J connectivity index is 1.49. The smallest absolute Gasteiger partial charge is 0.239 e. The topological polar surface area (TPSA) is 88.3 Å². The van der Waals surface area contributed by atoms with Crippen molar-refractivity contribution in [2.24, 2.45) is 5.73 Å². The normalized spacial score (nSPS) is 17.3. The highest BCUT2D eigenvalue weighted by molar-refractivity contribution is 6.30. The van der Waals surface area contributed by atoms with E-state index < -0.39 is 18.1 Å². The molecule has 0 spiro atoms. The van der Waals surface area contributed by atoms with E-state index in [4.69, 9.17) is 26.8 Å². The summed E-state index contributed by atoms with van der Waals surface area (Å²) in [6, 6.07) is 14.0. The zero-order valence-corrected chi connectivity index (χ0v) is 17.8. The molecule has 2 unspecified atom stereocenters. The lowest BCUT2D eigenvalue weighted by Crippen LogP contribution is -2.52. The molecule has 1 aliphatic heterocycles. The van der Waals surface area contributed by atoms with Crippen molar-refractivity contribution in [1.29, 1.82) is 0 Å². The average molecular weight is 434 g/mol. The van der Waals surface area contributed by atoms with Crippen molar-refractivity contribution in [3.05, 3.63) is 59.1 Å². The predicted octanol–water partition coefficient (Wildman–Crippen LogP) is 1.93. The number of nitrogens with zero attached hydrogens (tertiary/aromatic N) is 2. The molecular formula is C22H28ClN3O4. The minimum Gasteiger partial charge on any atom is -0.497 e. The molecule has 1 heterocycles. The lowest BCUT2D eigenvalue weighted by atomic mass is 10.0. The Hall–Kier alpha value is -2.32. The van der Waals surface area contributed by atoms with E-state index in [1.807, 2.05) is 30.3 Å². The number of benzene rings is 2. The minimum absolute atomic E-state index is 0.194. The minimum atomic E-state index is -0.623. The highest BCUT2D eigenvalue weighted by Gasteiger charge is 2.29. The Kier molecular flexibility index (Phi) is 7.93. The molecule has 0 bridgehead atoms. The third kappa shape index (κ3) is 6.09. The number of primary amides is 1. The van der Waals surface area contributed by atoms with Gasteiger partial charge in [0.2, 0.25) is 5.91 Å². The summed E-state index contributed by atoms with van der Waals surface area (Å²) in [7, 11) is 1.60. The second kappa shape index (κ2) is 10.6. The van der Waals surface area contributed by atoms with Crippen LogP contribution in [-0.2, 0) is 4.79 Å². The van der Waals surface area contributed by atoms with Gasteiger partial charge in [0, 0.05) is 43.8 Å². The highest BCUT2D eigenvalue weighted by atomic mass is 35.5. The molecule has 8 heteroatoms. The molecule has 3 rings (SSSR count). The van der Waals surface area contributed by atoms with Crippen LogP contribution in [0.1, 0.15) is 11.6 Å². The number of piperazine rings is 1. The maximum atomic E-state index is 12.1. The van der Waals surface area contributed by atoms with Gasteiger partial charge in [-0.25, -0.2) is 0 Å². The summed E-state index contributed by atoms with van der Waals surface area (Å²) in [5, 5.41) is 10.9. The Morgan fingerprint density at radius 1 is 1.13 bits per heavy atom. The maximum Gasteiger partial charge on any atom is 0.239 e. The van der Waals surface area contributed by atoms with Gasteiger partial charge in [-0.1, -0.05) is 29.8 Å². The molecule has 0 aromatic heterocycles. The van der Waals surface area contributed by atoms with E-state index in [9.17, 15) is 9.90 Å². The first-order valence-electron chi connectivity index (χ1n) is 9.92. The first-order valence-corrected chi connectivity index (χ1v) is 10.3. The van der Waals surface area contributed by atoms with Crippen LogP contribution in [0, 0.1) is 0 Å². The third-order valence-electron chi connectivity index (χ3n) is 5.16. The Morgan fingerprint density at radius 2 is 1.83 bits per heavy atom. The molecule has 0 aliphatic carbocycles. The van der Waals surface area contributed by atoms with Gasteiger partial charge >= 0.3 is 0 Å². The molecule has 7 nitrogen and oxygen atoms in total. The van der Waals surface area contributed by atoms with Crippen molar-refractivity contribution in [2.75, 3.05) is 46.4 Å². The van der Waals surface area contributed by atoms with E-state index in [0.29, 0.717) is 36.2 Å². The summed E-state index contributed by atoms with van der Waals surface area (Å²) in [6.07, 6.45) is -0.623. The number of methoxy groups -OCH3 is 1. The van der Waals surface area contributed by atoms with Crippen LogP contribution in [0.5, 0.6) is 11.5 Å². The number of carbonyl (C=O) groups is 1. The lowest BCUT2D eigenvalue weighted by Gasteiger charge is -2.38. The van der Waals surface area contributed by atoms with Crippen molar-refractivity contribution in [3.8, 4) is 11.5 Å². The van der Waals surface area contributed by atoms with Crippen LogP contribution >= 0.6 is 11.6 Å². The van der Waals surface area contributed by atoms with Crippen LogP contribution < -0.4 is 15.2 Å². The van der Waals surface area contributed by atoms with Gasteiger partial charge in [0.1, 0.15) is 30.3 Å². The molecule has 3 N–H and O–H groups in total. The number of ether oxygens (including phenoxy) is 2. The lowest BCUT2D eigenvalue weighted by molar-refractivity contribution is -0.124. The van der Waals surface area contributed by atoms with Crippen molar-refractivity contribution in [3.63, 3.8) is 0 Å². The summed E-state index contributed by atoms with van der Waals surface area (Å²) in [5.41, 5.74) is 6.48. The van der Waals surface area contributed by atoms with Gasteiger partial charge in [0.15, 0.2) is 0 Å². The van der Waals surface area contributed by atoms with Crippen molar-refractivity contribution in [1.82, 2.24) is 9.80 Å². The SMILES string of the molecule is COc1cccc(OCC(O)CN2CCN(C(C(N)=O)c3cccc(Cl)c3)CC2)c1. The van der Waals surface area contributed by atoms with E-state index in [1.54, 1.807) is 25.3 Å². The summed E-state index contributed by atoms with van der Waals surface area (Å²) in [6.45, 7) is 3.48. The molecule has 30 heavy (non-hydrogen) atoms. The summed E-state index contributed by atoms with van der Waals surface area (Å²) in [5.74, 6) is 0.975. The van der Waals surface area contributed by atoms with E-state index in [-0.39, 0.29) is 6.61 Å². The summed E-state index contributed by atoms with van der Waals surface area (Å²) >= 11 is 6.08. The van der Waals surface area contributed by atoms with Gasteiger partial charge in [-0.05, 0) is 29.8 Å². The number of amides is 1. The molecular weight excluding hydrogens is 406 g/mol. The fourth-order valence-corrected chi connectivity index (χ4v) is 3.87. The highest BCUT2D eigenvalue weighted by Crippen LogP contribution is 2.24. The van der Waals surface area contributed by atoms with E-state index in [0.717, 1.165) is 18.7 Å². The average Bonchev–Trinajstić information content (AvgIpc) is 2.74. The van der Waals surface area contributed by atoms with Gasteiger partial charge in [0.05, 0.1) is 7.11 Å². The number of hydrogen-bond donors (Lipinski definition) is 2. The number of aliphatic hydroxyl groups excluding tert-OH is 1. The van der Waals surface area contributed by atoms with Gasteiger partial charge in [-0.15, -0.1) is 0 Å². The number of hydrogen-bond acceptors (Lipinski definition) is 6. The molecule has 2 aromatic carbocycles. The number of nitrogens with two attached hydrogens (primary N) is 1. The molecule has 1 amide bonds. The van der Waals surface area contributed by atoms with Crippen molar-refractivity contribution < 1.29 is 19.4 Å². The Morgan fingerprint density at radius 3 is 2.50 bits per heavy atom. The number of rotatable bonds is 9. The third-order valence-corrected chi connectivity index (χ3v) is 5.39. The first-order chi connectivity index (χ1) is 14.5. The maximum absolute atomic E-state index is 12.1.